The van der Waals surface area contributed by atoms with Gasteiger partial charge in [-0.15, -0.1) is 0 Å². The van der Waals surface area contributed by atoms with Crippen LogP contribution in [-0.2, 0) is 9.98 Å². The van der Waals surface area contributed by atoms with Crippen molar-refractivity contribution in [2.75, 3.05) is 13.3 Å². The normalized spacial score (nSPS) is 21.5. The van der Waals surface area contributed by atoms with Gasteiger partial charge in [-0.3, -0.25) is 0 Å². The number of hydrogen-bond donors (Lipinski definition) is 0. The van der Waals surface area contributed by atoms with E-state index in [1.807, 2.05) is 19.4 Å². The van der Waals surface area contributed by atoms with Crippen molar-refractivity contribution in [3.8, 4) is 67.5 Å². The third-order valence-electron chi connectivity index (χ3n) is 14.3. The third-order valence-corrected chi connectivity index (χ3v) is 15.9. The van der Waals surface area contributed by atoms with Gasteiger partial charge in [0.15, 0.2) is 17.5 Å². The van der Waals surface area contributed by atoms with E-state index in [4.69, 9.17) is 15.0 Å². The molecule has 0 radical (unpaired) electrons. The summed E-state index contributed by atoms with van der Waals surface area (Å²) in [4.78, 5) is 15.7. The molecule has 7 aromatic carbocycles. The van der Waals surface area contributed by atoms with Crippen LogP contribution in [0.4, 0.5) is 0 Å². The molecule has 0 unspecified atom stereocenters. The van der Waals surface area contributed by atoms with E-state index in [0.717, 1.165) is 50.5 Å². The molecule has 62 heavy (non-hydrogen) atoms. The summed E-state index contributed by atoms with van der Waals surface area (Å²) in [6.45, 7) is 3.69. The van der Waals surface area contributed by atoms with Crippen LogP contribution in [0, 0.1) is 23.7 Å². The Hall–Kier alpha value is -6.22. The number of benzene rings is 7. The topological polar surface area (TPSA) is 55.7 Å². The fourth-order valence-corrected chi connectivity index (χ4v) is 12.5. The molecule has 1 heterocycles. The first-order valence-corrected chi connectivity index (χ1v) is 24.8. The molecular weight excluding hydrogens is 774 g/mol. The highest BCUT2D eigenvalue weighted by atomic mass is 31.2. The van der Waals surface area contributed by atoms with E-state index in [1.54, 1.807) is 0 Å². The Balaban J connectivity index is 1.02. The Morgan fingerprint density at radius 3 is 1.45 bits per heavy atom. The minimum atomic E-state index is -2.33. The van der Waals surface area contributed by atoms with Crippen molar-refractivity contribution in [3.05, 3.63) is 193 Å². The van der Waals surface area contributed by atoms with Crippen molar-refractivity contribution in [2.24, 2.45) is 23.7 Å². The molecule has 4 fully saturated rings. The fourth-order valence-electron chi connectivity index (χ4n) is 11.6. The van der Waals surface area contributed by atoms with Crippen LogP contribution in [0.15, 0.2) is 182 Å². The molecule has 4 aliphatic carbocycles. The Labute approximate surface area is 365 Å². The maximum Gasteiger partial charge on any atom is 0.164 e. The summed E-state index contributed by atoms with van der Waals surface area (Å²) < 4.78 is 12.9. The molecular formula is C57H50N3OP. The third kappa shape index (κ3) is 6.95. The van der Waals surface area contributed by atoms with Gasteiger partial charge in [0.25, 0.3) is 0 Å². The zero-order valence-electron chi connectivity index (χ0n) is 35.4. The lowest BCUT2D eigenvalue weighted by Crippen LogP contribution is -2.56. The predicted octanol–water partition coefficient (Wildman–Crippen LogP) is 13.9. The second kappa shape index (κ2) is 15.6. The van der Waals surface area contributed by atoms with Crippen LogP contribution in [0.5, 0.6) is 0 Å². The van der Waals surface area contributed by atoms with E-state index in [0.29, 0.717) is 29.3 Å². The highest BCUT2D eigenvalue weighted by molar-refractivity contribution is 7.70. The lowest BCUT2D eigenvalue weighted by atomic mass is 9.42. The van der Waals surface area contributed by atoms with Gasteiger partial charge in [0.05, 0.1) is 0 Å². The van der Waals surface area contributed by atoms with Gasteiger partial charge in [0, 0.05) is 27.4 Å². The number of rotatable bonds is 9. The monoisotopic (exact) mass is 823 g/mol. The average molecular weight is 824 g/mol. The Kier molecular flexibility index (Phi) is 9.73. The summed E-state index contributed by atoms with van der Waals surface area (Å²) in [6, 6.07) is 65.1. The number of aromatic nitrogens is 3. The van der Waals surface area contributed by atoms with Crippen molar-refractivity contribution in [1.29, 1.82) is 0 Å². The number of hydrogen-bond acceptors (Lipinski definition) is 4. The van der Waals surface area contributed by atoms with Crippen molar-refractivity contribution in [2.45, 2.75) is 37.5 Å². The summed E-state index contributed by atoms with van der Waals surface area (Å²) in [5.41, 5.74) is 12.6. The predicted molar refractivity (Wildman–Crippen MR) is 256 cm³/mol. The summed E-state index contributed by atoms with van der Waals surface area (Å²) in [5.74, 6) is 4.83. The Morgan fingerprint density at radius 2 is 0.855 bits per heavy atom. The lowest BCUT2D eigenvalue weighted by Gasteiger charge is -2.62. The quantitative estimate of drug-likeness (QED) is 0.136. The summed E-state index contributed by atoms with van der Waals surface area (Å²) in [6.07, 6.45) is 6.57. The zero-order valence-corrected chi connectivity index (χ0v) is 36.3. The van der Waals surface area contributed by atoms with Gasteiger partial charge in [-0.05, 0) is 114 Å². The van der Waals surface area contributed by atoms with Crippen molar-refractivity contribution in [1.82, 2.24) is 15.0 Å². The molecule has 0 saturated heterocycles. The summed E-state index contributed by atoms with van der Waals surface area (Å²) in [5, 5.41) is 0.925. The van der Waals surface area contributed by atoms with E-state index in [2.05, 4.69) is 176 Å². The van der Waals surface area contributed by atoms with Crippen LogP contribution in [0.3, 0.4) is 0 Å². The van der Waals surface area contributed by atoms with Gasteiger partial charge in [-0.2, -0.15) is 0 Å². The molecule has 4 bridgehead atoms. The van der Waals surface area contributed by atoms with E-state index in [-0.39, 0.29) is 5.41 Å². The van der Waals surface area contributed by atoms with E-state index >= 15 is 0 Å². The van der Waals surface area contributed by atoms with Crippen LogP contribution in [-0.4, -0.2) is 28.3 Å². The van der Waals surface area contributed by atoms with E-state index < -0.39 is 7.14 Å². The molecule has 8 aromatic rings. The zero-order chi connectivity index (χ0) is 41.8. The number of nitrogens with zero attached hydrogens (tertiary/aromatic N) is 3. The average Bonchev–Trinajstić information content (AvgIpc) is 3.32. The van der Waals surface area contributed by atoms with Gasteiger partial charge in [-0.25, -0.2) is 15.0 Å². The SMILES string of the molecule is CP(C)(=O)c1ccc(-c2cccc(C3(c4ccc(-c5nc(-c6ccc(-c7ccccc7)cc6)nc(-c6ccccc6-c6ccccc6)n5)cc4)C4CC5CC(C4)CC3C5)c2)cc1. The second-order valence-corrected chi connectivity index (χ2v) is 21.6. The van der Waals surface area contributed by atoms with Crippen molar-refractivity contribution < 1.29 is 4.57 Å². The van der Waals surface area contributed by atoms with E-state index in [9.17, 15) is 4.57 Å². The summed E-state index contributed by atoms with van der Waals surface area (Å²) >= 11 is 0. The minimum absolute atomic E-state index is 0.0744. The second-order valence-electron chi connectivity index (χ2n) is 18.4. The summed E-state index contributed by atoms with van der Waals surface area (Å²) in [7, 11) is -2.33. The first-order valence-electron chi connectivity index (χ1n) is 22.2. The minimum Gasteiger partial charge on any atom is -0.319 e. The molecule has 304 valence electrons. The molecule has 4 aliphatic rings. The molecule has 0 atom stereocenters. The van der Waals surface area contributed by atoms with Crippen LogP contribution in [0.25, 0.3) is 67.5 Å². The molecule has 0 N–H and O–H groups in total. The van der Waals surface area contributed by atoms with Gasteiger partial charge in [0.2, 0.25) is 0 Å². The largest absolute Gasteiger partial charge is 0.319 e. The Bertz CT molecular complexity index is 2910. The van der Waals surface area contributed by atoms with Gasteiger partial charge >= 0.3 is 0 Å². The molecule has 4 saturated carbocycles. The molecule has 0 amide bonds. The molecule has 0 spiro atoms. The Morgan fingerprint density at radius 1 is 0.403 bits per heavy atom. The molecule has 0 aliphatic heterocycles. The molecule has 5 heteroatoms. The van der Waals surface area contributed by atoms with Crippen LogP contribution < -0.4 is 5.30 Å². The van der Waals surface area contributed by atoms with Crippen LogP contribution in [0.1, 0.15) is 43.2 Å². The van der Waals surface area contributed by atoms with Crippen LogP contribution in [0.2, 0.25) is 0 Å². The molecule has 1 aromatic heterocycles. The van der Waals surface area contributed by atoms with E-state index in [1.165, 1.54) is 59.9 Å². The maximum absolute atomic E-state index is 12.9. The standard InChI is InChI=1S/C57H50N3OP/c1-62(2,61)51-30-26-42(27-31-51)46-16-11-17-48(37-46)57(49-33-38-32-39(35-49)36-50(57)34-38)47-28-24-45(25-29-47)55-58-54(44-22-20-41(21-23-44)40-12-5-3-6-13-40)59-56(60-55)53-19-10-9-18-52(53)43-14-7-4-8-15-43/h3-31,37-39,49-50H,32-36H2,1-2H3. The first-order chi connectivity index (χ1) is 30.3. The fraction of sp³-hybridized carbons (Fsp3) is 0.211. The van der Waals surface area contributed by atoms with Crippen molar-refractivity contribution >= 4 is 12.4 Å². The van der Waals surface area contributed by atoms with Gasteiger partial charge in [-0.1, -0.05) is 182 Å². The maximum atomic E-state index is 12.9. The van der Waals surface area contributed by atoms with Crippen molar-refractivity contribution in [3.63, 3.8) is 0 Å². The molecule has 12 rings (SSSR count). The van der Waals surface area contributed by atoms with Crippen LogP contribution >= 0.6 is 7.14 Å². The highest BCUT2D eigenvalue weighted by Crippen LogP contribution is 2.65. The first kappa shape index (κ1) is 38.7. The molecule has 4 nitrogen and oxygen atoms in total. The van der Waals surface area contributed by atoms with Gasteiger partial charge < -0.3 is 4.57 Å². The smallest absolute Gasteiger partial charge is 0.164 e. The lowest BCUT2D eigenvalue weighted by molar-refractivity contribution is -0.0418. The highest BCUT2D eigenvalue weighted by Gasteiger charge is 2.58. The van der Waals surface area contributed by atoms with Gasteiger partial charge in [0.1, 0.15) is 7.14 Å².